The summed E-state index contributed by atoms with van der Waals surface area (Å²) in [5, 5.41) is 11.7. The number of carbonyl (C=O) groups is 4. The normalized spacial score (nSPS) is 13.4. The van der Waals surface area contributed by atoms with E-state index in [0.29, 0.717) is 29.8 Å². The number of ether oxygens (including phenoxy) is 2. The van der Waals surface area contributed by atoms with Gasteiger partial charge in [-0.15, -0.1) is 0 Å². The van der Waals surface area contributed by atoms with Gasteiger partial charge < -0.3 is 31.4 Å². The maximum absolute atomic E-state index is 13.0. The minimum Gasteiger partial charge on any atom is -0.467 e. The summed E-state index contributed by atoms with van der Waals surface area (Å²) >= 11 is 0. The lowest BCUT2D eigenvalue weighted by Gasteiger charge is -2.30. The van der Waals surface area contributed by atoms with Gasteiger partial charge in [0.2, 0.25) is 11.8 Å². The largest absolute Gasteiger partial charge is 0.467 e. The Morgan fingerprint density at radius 3 is 2.34 bits per heavy atom. The average molecular weight is 453 g/mol. The molecule has 0 aliphatic carbocycles. The summed E-state index contributed by atoms with van der Waals surface area (Å²) in [4.78, 5) is 51.0. The summed E-state index contributed by atoms with van der Waals surface area (Å²) in [6.07, 6.45) is -0.0570. The maximum atomic E-state index is 13.0. The van der Waals surface area contributed by atoms with Crippen molar-refractivity contribution in [2.45, 2.75) is 50.9 Å². The molecule has 0 fully saturated rings. The third kappa shape index (κ3) is 8.25. The molecule has 0 saturated heterocycles. The molecule has 1 aromatic rings. The number of unbranched alkanes of at least 4 members (excludes halogenated alkanes) is 1. The Morgan fingerprint density at radius 1 is 1.16 bits per heavy atom. The fourth-order valence-corrected chi connectivity index (χ4v) is 2.83. The van der Waals surface area contributed by atoms with Gasteiger partial charge in [-0.05, 0) is 38.3 Å². The van der Waals surface area contributed by atoms with Crippen LogP contribution in [0.3, 0.4) is 0 Å². The fourth-order valence-electron chi connectivity index (χ4n) is 2.83. The van der Waals surface area contributed by atoms with Crippen LogP contribution in [-0.2, 0) is 30.5 Å². The van der Waals surface area contributed by atoms with Crippen LogP contribution in [-0.4, -0.2) is 72.3 Å². The molecule has 32 heavy (non-hydrogen) atoms. The number of carbonyl (C=O) groups excluding carboxylic acids is 4. The molecule has 0 aliphatic heterocycles. The Kier molecular flexibility index (Phi) is 11.9. The van der Waals surface area contributed by atoms with E-state index in [4.69, 9.17) is 16.2 Å². The second-order valence-electron chi connectivity index (χ2n) is 7.10. The predicted molar refractivity (Wildman–Crippen MR) is 115 cm³/mol. The van der Waals surface area contributed by atoms with Gasteiger partial charge in [0, 0.05) is 0 Å². The van der Waals surface area contributed by atoms with Crippen molar-refractivity contribution in [1.82, 2.24) is 10.2 Å². The standard InChI is InChI=1S/C21H32N4O7/c1-14(23)19(28)25(21(30)32-13-15-8-4-3-5-9-15)17(10-6-7-11-22)18(27)24-16(12-26)20(29)31-2/h3-5,8-9,14,16-17,26H,6-7,10-13,22-23H2,1-2H3,(H,24,27). The van der Waals surface area contributed by atoms with Crippen molar-refractivity contribution in [1.29, 1.82) is 0 Å². The summed E-state index contributed by atoms with van der Waals surface area (Å²) in [5.41, 5.74) is 11.9. The van der Waals surface area contributed by atoms with E-state index in [1.807, 2.05) is 0 Å². The van der Waals surface area contributed by atoms with E-state index in [2.05, 4.69) is 10.1 Å². The Hall–Kier alpha value is -3.02. The van der Waals surface area contributed by atoms with Crippen LogP contribution >= 0.6 is 0 Å². The van der Waals surface area contributed by atoms with Crippen molar-refractivity contribution in [3.63, 3.8) is 0 Å². The smallest absolute Gasteiger partial charge is 0.417 e. The number of imide groups is 1. The Balaban J connectivity index is 3.15. The molecule has 11 nitrogen and oxygen atoms in total. The highest BCUT2D eigenvalue weighted by Crippen LogP contribution is 2.15. The van der Waals surface area contributed by atoms with Gasteiger partial charge in [0.15, 0.2) is 6.04 Å². The van der Waals surface area contributed by atoms with Crippen LogP contribution in [0, 0.1) is 0 Å². The number of rotatable bonds is 12. The summed E-state index contributed by atoms with van der Waals surface area (Å²) in [5.74, 6) is -2.54. The van der Waals surface area contributed by atoms with Crippen molar-refractivity contribution < 1.29 is 33.8 Å². The number of esters is 1. The van der Waals surface area contributed by atoms with E-state index >= 15 is 0 Å². The molecule has 0 saturated carbocycles. The van der Waals surface area contributed by atoms with Crippen LogP contribution in [0.2, 0.25) is 0 Å². The minimum absolute atomic E-state index is 0.0568. The van der Waals surface area contributed by atoms with Gasteiger partial charge in [-0.25, -0.2) is 14.5 Å². The highest BCUT2D eigenvalue weighted by molar-refractivity contribution is 6.00. The molecule has 1 aromatic carbocycles. The Labute approximate surface area is 187 Å². The zero-order chi connectivity index (χ0) is 24.1. The molecule has 6 N–H and O–H groups in total. The highest BCUT2D eigenvalue weighted by Gasteiger charge is 2.38. The van der Waals surface area contributed by atoms with Crippen LogP contribution in [0.5, 0.6) is 0 Å². The molecule has 3 atom stereocenters. The molecule has 3 unspecified atom stereocenters. The van der Waals surface area contributed by atoms with Crippen LogP contribution in [0.1, 0.15) is 31.7 Å². The molecule has 0 aliphatic rings. The molecular weight excluding hydrogens is 420 g/mol. The van der Waals surface area contributed by atoms with Crippen molar-refractivity contribution in [2.75, 3.05) is 20.3 Å². The first kappa shape index (κ1) is 27.0. The molecule has 0 spiro atoms. The number of hydrogen-bond acceptors (Lipinski definition) is 9. The average Bonchev–Trinajstić information content (AvgIpc) is 2.80. The topological polar surface area (TPSA) is 174 Å². The number of nitrogens with one attached hydrogen (secondary N) is 1. The highest BCUT2D eigenvalue weighted by atomic mass is 16.6. The van der Waals surface area contributed by atoms with Crippen molar-refractivity contribution in [2.24, 2.45) is 11.5 Å². The summed E-state index contributed by atoms with van der Waals surface area (Å²) in [7, 11) is 1.10. The zero-order valence-corrected chi connectivity index (χ0v) is 18.4. The van der Waals surface area contributed by atoms with E-state index in [0.717, 1.165) is 7.11 Å². The third-order valence-corrected chi connectivity index (χ3v) is 4.56. The van der Waals surface area contributed by atoms with E-state index < -0.39 is 48.6 Å². The number of hydrogen-bond donors (Lipinski definition) is 4. The quantitative estimate of drug-likeness (QED) is 0.244. The minimum atomic E-state index is -1.36. The number of aliphatic hydroxyl groups excluding tert-OH is 1. The molecule has 3 amide bonds. The molecule has 178 valence electrons. The number of benzene rings is 1. The predicted octanol–water partition coefficient (Wildman–Crippen LogP) is -0.353. The fraction of sp³-hybridized carbons (Fsp3) is 0.524. The van der Waals surface area contributed by atoms with Gasteiger partial charge in [-0.2, -0.15) is 0 Å². The lowest BCUT2D eigenvalue weighted by molar-refractivity contribution is -0.147. The molecule has 0 radical (unpaired) electrons. The second kappa shape index (κ2) is 14.1. The van der Waals surface area contributed by atoms with Gasteiger partial charge in [-0.3, -0.25) is 9.59 Å². The molecule has 0 heterocycles. The van der Waals surface area contributed by atoms with E-state index in [9.17, 15) is 24.3 Å². The Bertz CT molecular complexity index is 758. The number of nitrogens with two attached hydrogens (primary N) is 2. The van der Waals surface area contributed by atoms with Crippen LogP contribution in [0.25, 0.3) is 0 Å². The molecule has 0 bridgehead atoms. The van der Waals surface area contributed by atoms with Gasteiger partial charge >= 0.3 is 12.1 Å². The number of methoxy groups -OCH3 is 1. The SMILES string of the molecule is COC(=O)C(CO)NC(=O)C(CCCCN)N(C(=O)OCc1ccccc1)C(=O)C(C)N. The lowest BCUT2D eigenvalue weighted by Crippen LogP contribution is -2.58. The second-order valence-corrected chi connectivity index (χ2v) is 7.10. The molecule has 11 heteroatoms. The number of nitrogens with zero attached hydrogens (tertiary/aromatic N) is 1. The first-order chi connectivity index (χ1) is 15.3. The van der Waals surface area contributed by atoms with E-state index in [1.54, 1.807) is 30.3 Å². The van der Waals surface area contributed by atoms with E-state index in [-0.39, 0.29) is 13.0 Å². The van der Waals surface area contributed by atoms with Gasteiger partial charge in [0.05, 0.1) is 19.8 Å². The van der Waals surface area contributed by atoms with E-state index in [1.165, 1.54) is 6.92 Å². The van der Waals surface area contributed by atoms with Gasteiger partial charge in [0.25, 0.3) is 0 Å². The molecule has 1 rings (SSSR count). The van der Waals surface area contributed by atoms with Crippen molar-refractivity contribution in [3.05, 3.63) is 35.9 Å². The Morgan fingerprint density at radius 2 is 1.81 bits per heavy atom. The monoisotopic (exact) mass is 452 g/mol. The zero-order valence-electron chi connectivity index (χ0n) is 18.4. The maximum Gasteiger partial charge on any atom is 0.417 e. The van der Waals surface area contributed by atoms with Gasteiger partial charge in [0.1, 0.15) is 12.6 Å². The number of amides is 3. The third-order valence-electron chi connectivity index (χ3n) is 4.56. The van der Waals surface area contributed by atoms with Crippen molar-refractivity contribution in [3.8, 4) is 0 Å². The van der Waals surface area contributed by atoms with Gasteiger partial charge in [-0.1, -0.05) is 30.3 Å². The first-order valence-corrected chi connectivity index (χ1v) is 10.2. The molecular formula is C21H32N4O7. The number of aliphatic hydroxyl groups is 1. The van der Waals surface area contributed by atoms with Crippen molar-refractivity contribution >= 4 is 23.9 Å². The summed E-state index contributed by atoms with van der Waals surface area (Å²) in [6.45, 7) is 0.865. The first-order valence-electron chi connectivity index (χ1n) is 10.2. The summed E-state index contributed by atoms with van der Waals surface area (Å²) < 4.78 is 9.81. The van der Waals surface area contributed by atoms with Crippen LogP contribution in [0.4, 0.5) is 4.79 Å². The van der Waals surface area contributed by atoms with Crippen LogP contribution < -0.4 is 16.8 Å². The summed E-state index contributed by atoms with van der Waals surface area (Å²) in [6, 6.07) is 5.00. The van der Waals surface area contributed by atoms with Crippen LogP contribution in [0.15, 0.2) is 30.3 Å². The lowest BCUT2D eigenvalue weighted by atomic mass is 10.1. The molecule has 0 aromatic heterocycles.